The Balaban J connectivity index is 1.67. The molecule has 0 fully saturated rings. The predicted octanol–water partition coefficient (Wildman–Crippen LogP) is 0.960. The number of rotatable bonds is 9. The van der Waals surface area contributed by atoms with E-state index in [0.29, 0.717) is 6.54 Å². The van der Waals surface area contributed by atoms with Gasteiger partial charge in [-0.2, -0.15) is 5.10 Å². The van der Waals surface area contributed by atoms with E-state index in [0.717, 1.165) is 31.6 Å². The summed E-state index contributed by atoms with van der Waals surface area (Å²) in [7, 11) is -3.08. The topological polar surface area (TPSA) is 76.0 Å². The van der Waals surface area contributed by atoms with Gasteiger partial charge < -0.3 is 5.32 Å². The van der Waals surface area contributed by atoms with Gasteiger partial charge in [-0.05, 0) is 18.5 Å². The van der Waals surface area contributed by atoms with Crippen molar-refractivity contribution in [2.24, 2.45) is 0 Å². The van der Waals surface area contributed by atoms with E-state index in [-0.39, 0.29) is 0 Å². The van der Waals surface area contributed by atoms with Gasteiger partial charge in [-0.25, -0.2) is 13.1 Å². The Labute approximate surface area is 131 Å². The summed E-state index contributed by atoms with van der Waals surface area (Å²) >= 11 is 0. The molecule has 1 aromatic heterocycles. The molecule has 0 aliphatic carbocycles. The lowest BCUT2D eigenvalue weighted by Crippen LogP contribution is -2.26. The molecule has 6 nitrogen and oxygen atoms in total. The molecule has 2 rings (SSSR count). The van der Waals surface area contributed by atoms with E-state index in [4.69, 9.17) is 0 Å². The molecule has 2 N–H and O–H groups in total. The summed E-state index contributed by atoms with van der Waals surface area (Å²) < 4.78 is 26.2. The largest absolute Gasteiger partial charge is 0.313 e. The van der Waals surface area contributed by atoms with Crippen molar-refractivity contribution in [3.05, 3.63) is 53.9 Å². The maximum absolute atomic E-state index is 10.9. The van der Waals surface area contributed by atoms with Crippen molar-refractivity contribution in [1.29, 1.82) is 0 Å². The number of aromatic nitrogens is 2. The summed E-state index contributed by atoms with van der Waals surface area (Å²) in [5.41, 5.74) is 2.34. The molecule has 0 radical (unpaired) electrons. The van der Waals surface area contributed by atoms with Gasteiger partial charge in [0.1, 0.15) is 0 Å². The Morgan fingerprint density at radius 3 is 2.64 bits per heavy atom. The van der Waals surface area contributed by atoms with Crippen LogP contribution in [0.1, 0.15) is 17.5 Å². The fraction of sp³-hybridized carbons (Fsp3) is 0.400. The fourth-order valence-corrected chi connectivity index (χ4v) is 2.57. The zero-order valence-electron chi connectivity index (χ0n) is 12.7. The third-order valence-electron chi connectivity index (χ3n) is 3.10. The van der Waals surface area contributed by atoms with Gasteiger partial charge in [0.2, 0.25) is 10.0 Å². The molecule has 0 amide bonds. The van der Waals surface area contributed by atoms with Crippen LogP contribution in [0.4, 0.5) is 0 Å². The lowest BCUT2D eigenvalue weighted by atomic mass is 10.2. The zero-order valence-corrected chi connectivity index (χ0v) is 13.5. The first kappa shape index (κ1) is 16.7. The smallest absolute Gasteiger partial charge is 0.208 e. The number of hydrogen-bond acceptors (Lipinski definition) is 4. The van der Waals surface area contributed by atoms with Crippen molar-refractivity contribution >= 4 is 10.0 Å². The highest BCUT2D eigenvalue weighted by atomic mass is 32.2. The van der Waals surface area contributed by atoms with Crippen LogP contribution in [-0.4, -0.2) is 37.5 Å². The third-order valence-corrected chi connectivity index (χ3v) is 3.83. The van der Waals surface area contributed by atoms with E-state index < -0.39 is 10.0 Å². The Morgan fingerprint density at radius 1 is 1.14 bits per heavy atom. The molecule has 1 aromatic carbocycles. The highest BCUT2D eigenvalue weighted by Crippen LogP contribution is 2.03. The van der Waals surface area contributed by atoms with Gasteiger partial charge in [0.15, 0.2) is 0 Å². The van der Waals surface area contributed by atoms with E-state index in [2.05, 4.69) is 27.3 Å². The van der Waals surface area contributed by atoms with E-state index in [1.807, 2.05) is 35.3 Å². The van der Waals surface area contributed by atoms with Crippen LogP contribution < -0.4 is 10.0 Å². The van der Waals surface area contributed by atoms with Crippen molar-refractivity contribution in [1.82, 2.24) is 19.8 Å². The molecule has 0 unspecified atom stereocenters. The molecule has 0 atom stereocenters. The molecule has 0 aliphatic heterocycles. The average molecular weight is 322 g/mol. The lowest BCUT2D eigenvalue weighted by molar-refractivity contribution is 0.579. The van der Waals surface area contributed by atoms with Crippen molar-refractivity contribution in [3.63, 3.8) is 0 Å². The number of benzene rings is 1. The molecule has 7 heteroatoms. The summed E-state index contributed by atoms with van der Waals surface area (Å²) in [5, 5.41) is 7.62. The molecule has 0 spiro atoms. The standard InChI is InChI=1S/C15H22N4O2S/c1-22(20,21)18-9-5-8-16-10-15-11-17-19(13-15)12-14-6-3-2-4-7-14/h2-4,6-7,11,13,16,18H,5,8-10,12H2,1H3. The maximum Gasteiger partial charge on any atom is 0.208 e. The molecule has 0 saturated heterocycles. The summed E-state index contributed by atoms with van der Waals surface area (Å²) in [6, 6.07) is 10.2. The van der Waals surface area contributed by atoms with E-state index in [1.165, 1.54) is 11.8 Å². The first-order valence-corrected chi connectivity index (χ1v) is 9.13. The molecule has 0 saturated carbocycles. The van der Waals surface area contributed by atoms with Gasteiger partial charge in [-0.1, -0.05) is 30.3 Å². The molecule has 22 heavy (non-hydrogen) atoms. The first-order valence-electron chi connectivity index (χ1n) is 7.23. The van der Waals surface area contributed by atoms with Crippen LogP contribution in [0, 0.1) is 0 Å². The summed E-state index contributed by atoms with van der Waals surface area (Å²) in [6.07, 6.45) is 5.80. The minimum Gasteiger partial charge on any atom is -0.313 e. The van der Waals surface area contributed by atoms with Crippen molar-refractivity contribution < 1.29 is 8.42 Å². The minimum atomic E-state index is -3.08. The Kier molecular flexibility index (Phi) is 6.11. The van der Waals surface area contributed by atoms with Gasteiger partial charge >= 0.3 is 0 Å². The van der Waals surface area contributed by atoms with Crippen molar-refractivity contribution in [2.75, 3.05) is 19.3 Å². The van der Waals surface area contributed by atoms with E-state index in [9.17, 15) is 8.42 Å². The van der Waals surface area contributed by atoms with Crippen LogP contribution in [0.3, 0.4) is 0 Å². The minimum absolute atomic E-state index is 0.457. The summed E-state index contributed by atoms with van der Waals surface area (Å²) in [5.74, 6) is 0. The van der Waals surface area contributed by atoms with Crippen LogP contribution in [0.5, 0.6) is 0 Å². The molecule has 1 heterocycles. The van der Waals surface area contributed by atoms with Gasteiger partial charge in [-0.15, -0.1) is 0 Å². The fourth-order valence-electron chi connectivity index (χ4n) is 2.06. The second-order valence-corrected chi connectivity index (χ2v) is 7.06. The van der Waals surface area contributed by atoms with Gasteiger partial charge in [0.05, 0.1) is 19.0 Å². The molecule has 0 bridgehead atoms. The normalized spacial score (nSPS) is 11.7. The average Bonchev–Trinajstić information content (AvgIpc) is 2.90. The Hall–Kier alpha value is -1.70. The molecule has 120 valence electrons. The number of sulfonamides is 1. The third kappa shape index (κ3) is 6.38. The zero-order chi connectivity index (χ0) is 15.8. The highest BCUT2D eigenvalue weighted by molar-refractivity contribution is 7.88. The number of nitrogens with zero attached hydrogens (tertiary/aromatic N) is 2. The van der Waals surface area contributed by atoms with E-state index in [1.54, 1.807) is 0 Å². The highest BCUT2D eigenvalue weighted by Gasteiger charge is 2.01. The van der Waals surface area contributed by atoms with Gasteiger partial charge in [0, 0.05) is 24.8 Å². The lowest BCUT2D eigenvalue weighted by Gasteiger charge is -2.04. The van der Waals surface area contributed by atoms with Crippen LogP contribution in [0.2, 0.25) is 0 Å². The molecular formula is C15H22N4O2S. The quantitative estimate of drug-likeness (QED) is 0.674. The van der Waals surface area contributed by atoms with Crippen LogP contribution in [-0.2, 0) is 23.1 Å². The first-order chi connectivity index (χ1) is 10.5. The summed E-state index contributed by atoms with van der Waals surface area (Å²) in [6.45, 7) is 2.71. The second kappa shape index (κ2) is 8.07. The Morgan fingerprint density at radius 2 is 1.91 bits per heavy atom. The van der Waals surface area contributed by atoms with Crippen LogP contribution in [0.15, 0.2) is 42.7 Å². The van der Waals surface area contributed by atoms with Gasteiger partial charge in [0.25, 0.3) is 0 Å². The van der Waals surface area contributed by atoms with Crippen molar-refractivity contribution in [2.45, 2.75) is 19.5 Å². The number of nitrogens with one attached hydrogen (secondary N) is 2. The molecule has 0 aliphatic rings. The molecule has 2 aromatic rings. The van der Waals surface area contributed by atoms with Crippen LogP contribution >= 0.6 is 0 Å². The number of hydrogen-bond donors (Lipinski definition) is 2. The Bertz CT molecular complexity index is 668. The monoisotopic (exact) mass is 322 g/mol. The second-order valence-electron chi connectivity index (χ2n) is 5.23. The maximum atomic E-state index is 10.9. The predicted molar refractivity (Wildman–Crippen MR) is 86.9 cm³/mol. The molecular weight excluding hydrogens is 300 g/mol. The van der Waals surface area contributed by atoms with Crippen LogP contribution in [0.25, 0.3) is 0 Å². The SMILES string of the molecule is CS(=O)(=O)NCCCNCc1cnn(Cc2ccccc2)c1. The summed E-state index contributed by atoms with van der Waals surface area (Å²) in [4.78, 5) is 0. The van der Waals surface area contributed by atoms with E-state index >= 15 is 0 Å². The van der Waals surface area contributed by atoms with Crippen molar-refractivity contribution in [3.8, 4) is 0 Å². The van der Waals surface area contributed by atoms with Gasteiger partial charge in [-0.3, -0.25) is 4.68 Å².